The molecule has 6 nitrogen and oxygen atoms in total. The number of halogens is 4. The molecule has 0 bridgehead atoms. The van der Waals surface area contributed by atoms with Crippen LogP contribution in [0.5, 0.6) is 5.75 Å². The first-order valence-corrected chi connectivity index (χ1v) is 8.08. The number of rotatable bonds is 5. The lowest BCUT2D eigenvalue weighted by Crippen LogP contribution is -2.33. The van der Waals surface area contributed by atoms with Crippen LogP contribution in [0.3, 0.4) is 0 Å². The number of hydrogen-bond acceptors (Lipinski definition) is 6. The fourth-order valence-electron chi connectivity index (χ4n) is 2.23. The average molecular weight is 529 g/mol. The number of aromatic nitrogens is 1. The van der Waals surface area contributed by atoms with Gasteiger partial charge in [-0.15, -0.1) is 34.0 Å². The van der Waals surface area contributed by atoms with E-state index in [0.29, 0.717) is 46.2 Å². The average Bonchev–Trinajstić information content (AvgIpc) is 3.03. The minimum atomic E-state index is 0. The summed E-state index contributed by atoms with van der Waals surface area (Å²) < 4.78 is 5.27. The van der Waals surface area contributed by atoms with E-state index in [1.54, 1.807) is 36.6 Å². The Morgan fingerprint density at radius 1 is 1.23 bits per heavy atom. The molecular formula is C16H18Br2Cl2N4O2. The third-order valence-electron chi connectivity index (χ3n) is 3.40. The van der Waals surface area contributed by atoms with Crippen LogP contribution in [0.25, 0.3) is 0 Å². The number of nitrogens with zero attached hydrogens (tertiary/aromatic N) is 3. The number of benzene rings is 1. The zero-order valence-electron chi connectivity index (χ0n) is 13.8. The Hall–Kier alpha value is -1.06. The second-order valence-electron chi connectivity index (χ2n) is 4.98. The first kappa shape index (κ1) is 23.0. The summed E-state index contributed by atoms with van der Waals surface area (Å²) in [6, 6.07) is 8.85. The maximum atomic E-state index is 6.17. The van der Waals surface area contributed by atoms with Gasteiger partial charge >= 0.3 is 0 Å². The van der Waals surface area contributed by atoms with E-state index in [9.17, 15) is 0 Å². The van der Waals surface area contributed by atoms with Crippen molar-refractivity contribution in [3.63, 3.8) is 0 Å². The molecule has 10 heteroatoms. The van der Waals surface area contributed by atoms with Gasteiger partial charge in [0.05, 0.1) is 30.9 Å². The Labute approximate surface area is 183 Å². The van der Waals surface area contributed by atoms with Gasteiger partial charge in [-0.3, -0.25) is 9.82 Å². The molecule has 26 heavy (non-hydrogen) atoms. The zero-order valence-corrected chi connectivity index (χ0v) is 18.8. The number of guanidine groups is 1. The van der Waals surface area contributed by atoms with Crippen LogP contribution in [0, 0.1) is 0 Å². The molecule has 0 amide bonds. The van der Waals surface area contributed by atoms with Crippen molar-refractivity contribution < 1.29 is 9.57 Å². The number of hydroxylamine groups is 2. The van der Waals surface area contributed by atoms with Crippen LogP contribution < -0.4 is 10.1 Å². The predicted molar refractivity (Wildman–Crippen MR) is 115 cm³/mol. The molecule has 3 rings (SSSR count). The molecule has 1 aromatic heterocycles. The molecule has 0 saturated carbocycles. The van der Waals surface area contributed by atoms with E-state index in [-0.39, 0.29) is 40.6 Å². The molecule has 1 aliphatic rings. The smallest absolute Gasteiger partial charge is 0.223 e. The minimum Gasteiger partial charge on any atom is -0.495 e. The third-order valence-corrected chi connectivity index (χ3v) is 3.97. The van der Waals surface area contributed by atoms with E-state index in [4.69, 9.17) is 32.8 Å². The largest absolute Gasteiger partial charge is 0.495 e. The fraction of sp³-hybridized carbons (Fsp3) is 0.250. The fourth-order valence-corrected chi connectivity index (χ4v) is 2.57. The van der Waals surface area contributed by atoms with Crippen LogP contribution in [0.2, 0.25) is 10.0 Å². The Kier molecular flexibility index (Phi) is 9.67. The Balaban J connectivity index is 0.00000169. The lowest BCUT2D eigenvalue weighted by molar-refractivity contribution is -0.105. The summed E-state index contributed by atoms with van der Waals surface area (Å²) in [4.78, 5) is 14.5. The summed E-state index contributed by atoms with van der Waals surface area (Å²) in [5.74, 6) is 1.26. The van der Waals surface area contributed by atoms with Gasteiger partial charge in [0.1, 0.15) is 18.1 Å². The number of ether oxygens (including phenoxy) is 1. The van der Waals surface area contributed by atoms with Crippen LogP contribution in [0.1, 0.15) is 5.69 Å². The highest BCUT2D eigenvalue weighted by Gasteiger charge is 2.20. The summed E-state index contributed by atoms with van der Waals surface area (Å²) in [5, 5.41) is 5.96. The lowest BCUT2D eigenvalue weighted by Gasteiger charge is -2.21. The summed E-state index contributed by atoms with van der Waals surface area (Å²) in [7, 11) is 1.60. The van der Waals surface area contributed by atoms with E-state index in [1.165, 1.54) is 0 Å². The summed E-state index contributed by atoms with van der Waals surface area (Å²) in [5.41, 5.74) is 1.39. The quantitative estimate of drug-likeness (QED) is 0.606. The van der Waals surface area contributed by atoms with Gasteiger partial charge in [0, 0.05) is 11.2 Å². The summed E-state index contributed by atoms with van der Waals surface area (Å²) in [6.07, 6.45) is 1.70. The number of nitrogens with one attached hydrogen (secondary N) is 1. The molecule has 1 N–H and O–H groups in total. The highest BCUT2D eigenvalue weighted by molar-refractivity contribution is 8.93. The molecule has 0 spiro atoms. The molecule has 1 aromatic carbocycles. The van der Waals surface area contributed by atoms with Gasteiger partial charge < -0.3 is 10.1 Å². The van der Waals surface area contributed by atoms with Crippen molar-refractivity contribution in [2.45, 2.75) is 6.61 Å². The van der Waals surface area contributed by atoms with E-state index < -0.39 is 0 Å². The van der Waals surface area contributed by atoms with Crippen LogP contribution in [0.15, 0.2) is 41.5 Å². The van der Waals surface area contributed by atoms with Gasteiger partial charge in [-0.1, -0.05) is 23.2 Å². The van der Waals surface area contributed by atoms with Crippen LogP contribution in [-0.4, -0.2) is 36.2 Å². The van der Waals surface area contributed by atoms with Crippen molar-refractivity contribution in [1.29, 1.82) is 0 Å². The van der Waals surface area contributed by atoms with Crippen LogP contribution in [0.4, 0.5) is 5.69 Å². The van der Waals surface area contributed by atoms with Crippen molar-refractivity contribution in [2.75, 3.05) is 25.5 Å². The van der Waals surface area contributed by atoms with Gasteiger partial charge in [-0.25, -0.2) is 10.1 Å². The molecule has 2 heterocycles. The van der Waals surface area contributed by atoms with Gasteiger partial charge in [-0.05, 0) is 30.3 Å². The number of methoxy groups -OCH3 is 1. The molecule has 0 saturated heterocycles. The molecule has 0 fully saturated rings. The van der Waals surface area contributed by atoms with E-state index in [0.717, 1.165) is 0 Å². The molecule has 0 radical (unpaired) electrons. The SMILES string of the molecule is Br.Br.COc1cccnc1CON1CCN=C1Nc1cc(Cl)ccc1Cl. The van der Waals surface area contributed by atoms with Gasteiger partial charge in [0.2, 0.25) is 5.96 Å². The van der Waals surface area contributed by atoms with Crippen LogP contribution >= 0.6 is 57.2 Å². The molecule has 0 unspecified atom stereocenters. The van der Waals surface area contributed by atoms with Crippen molar-refractivity contribution in [3.8, 4) is 5.75 Å². The van der Waals surface area contributed by atoms with E-state index in [1.807, 2.05) is 12.1 Å². The predicted octanol–water partition coefficient (Wildman–Crippen LogP) is 4.77. The number of anilines is 1. The first-order chi connectivity index (χ1) is 11.7. The maximum absolute atomic E-state index is 6.17. The number of pyridine rings is 1. The second-order valence-corrected chi connectivity index (χ2v) is 5.83. The summed E-state index contributed by atoms with van der Waals surface area (Å²) >= 11 is 12.2. The minimum absolute atomic E-state index is 0. The van der Waals surface area contributed by atoms with Gasteiger partial charge in [-0.2, -0.15) is 0 Å². The number of hydrogen-bond donors (Lipinski definition) is 1. The second kappa shape index (κ2) is 10.9. The topological polar surface area (TPSA) is 59.0 Å². The van der Waals surface area contributed by atoms with Crippen LogP contribution in [-0.2, 0) is 11.4 Å². The van der Waals surface area contributed by atoms with Crippen molar-refractivity contribution >= 4 is 68.8 Å². The Morgan fingerprint density at radius 3 is 2.81 bits per heavy atom. The molecular weight excluding hydrogens is 511 g/mol. The monoisotopic (exact) mass is 526 g/mol. The molecule has 0 atom stereocenters. The molecule has 1 aliphatic heterocycles. The standard InChI is InChI=1S/C16H16Cl2N4O2.2BrH/c1-23-15-3-2-6-19-14(15)10-24-22-8-7-20-16(22)21-13-9-11(17)4-5-12(13)18;;/h2-6,9H,7-8,10H2,1H3,(H,20,21);2*1H. The Bertz CT molecular complexity index is 765. The normalized spacial score (nSPS) is 12.7. The highest BCUT2D eigenvalue weighted by Crippen LogP contribution is 2.26. The van der Waals surface area contributed by atoms with Crippen molar-refractivity contribution in [1.82, 2.24) is 10.0 Å². The Morgan fingerprint density at radius 2 is 2.04 bits per heavy atom. The maximum Gasteiger partial charge on any atom is 0.223 e. The lowest BCUT2D eigenvalue weighted by atomic mass is 10.3. The van der Waals surface area contributed by atoms with E-state index in [2.05, 4.69) is 15.3 Å². The van der Waals surface area contributed by atoms with Gasteiger partial charge in [0.15, 0.2) is 0 Å². The van der Waals surface area contributed by atoms with Crippen molar-refractivity contribution in [3.05, 3.63) is 52.3 Å². The molecule has 2 aromatic rings. The first-order valence-electron chi connectivity index (χ1n) is 7.32. The third kappa shape index (κ3) is 5.72. The molecule has 142 valence electrons. The van der Waals surface area contributed by atoms with Crippen molar-refractivity contribution in [2.24, 2.45) is 4.99 Å². The van der Waals surface area contributed by atoms with E-state index >= 15 is 0 Å². The highest BCUT2D eigenvalue weighted by atomic mass is 79.9. The summed E-state index contributed by atoms with van der Waals surface area (Å²) in [6.45, 7) is 1.53. The molecule has 0 aliphatic carbocycles. The zero-order chi connectivity index (χ0) is 16.9. The number of aliphatic imine (C=N–C) groups is 1. The van der Waals surface area contributed by atoms with Gasteiger partial charge in [0.25, 0.3) is 0 Å².